The molecule has 0 fully saturated rings. The van der Waals surface area contributed by atoms with Crippen molar-refractivity contribution in [3.8, 4) is 11.5 Å². The van der Waals surface area contributed by atoms with E-state index in [-0.39, 0.29) is 5.41 Å². The van der Waals surface area contributed by atoms with Crippen LogP contribution in [0.25, 0.3) is 21.5 Å². The van der Waals surface area contributed by atoms with Crippen molar-refractivity contribution in [2.75, 3.05) is 4.90 Å². The van der Waals surface area contributed by atoms with Crippen LogP contribution in [0.1, 0.15) is 48.6 Å². The van der Waals surface area contributed by atoms with Crippen LogP contribution < -0.4 is 9.64 Å². The second-order valence-electron chi connectivity index (χ2n) is 11.5. The summed E-state index contributed by atoms with van der Waals surface area (Å²) in [6.45, 7) is 15.6. The molecule has 0 amide bonds. The molecule has 0 saturated carbocycles. The second kappa shape index (κ2) is 7.86. The van der Waals surface area contributed by atoms with Crippen molar-refractivity contribution in [2.24, 2.45) is 0 Å². The molecule has 1 aliphatic heterocycles. The first-order valence-electron chi connectivity index (χ1n) is 12.8. The third kappa shape index (κ3) is 3.64. The minimum Gasteiger partial charge on any atom is -0.453 e. The van der Waals surface area contributed by atoms with Gasteiger partial charge in [0, 0.05) is 0 Å². The Labute approximate surface area is 214 Å². The summed E-state index contributed by atoms with van der Waals surface area (Å²) in [5.41, 5.74) is 9.89. The van der Waals surface area contributed by atoms with Gasteiger partial charge in [0.1, 0.15) is 0 Å². The van der Waals surface area contributed by atoms with E-state index in [2.05, 4.69) is 126 Å². The number of hydrogen-bond acceptors (Lipinski definition) is 2. The maximum absolute atomic E-state index is 6.64. The molecule has 0 bridgehead atoms. The van der Waals surface area contributed by atoms with Gasteiger partial charge in [-0.25, -0.2) is 0 Å². The predicted octanol–water partition coefficient (Wildman–Crippen LogP) is 10.1. The van der Waals surface area contributed by atoms with Crippen molar-refractivity contribution >= 4 is 38.6 Å². The van der Waals surface area contributed by atoms with E-state index in [9.17, 15) is 0 Å². The smallest absolute Gasteiger partial charge is 0.152 e. The van der Waals surface area contributed by atoms with Crippen LogP contribution in [0, 0.1) is 27.7 Å². The van der Waals surface area contributed by atoms with Crippen LogP contribution in [0.15, 0.2) is 72.8 Å². The Morgan fingerprint density at radius 3 is 1.47 bits per heavy atom. The predicted molar refractivity (Wildman–Crippen MR) is 154 cm³/mol. The Kier molecular flexibility index (Phi) is 4.95. The minimum absolute atomic E-state index is 0.0942. The highest BCUT2D eigenvalue weighted by Crippen LogP contribution is 2.54. The van der Waals surface area contributed by atoms with E-state index in [1.54, 1.807) is 0 Å². The Bertz CT molecular complexity index is 1570. The lowest BCUT2D eigenvalue weighted by Gasteiger charge is -2.36. The summed E-state index contributed by atoms with van der Waals surface area (Å²) < 4.78 is 6.64. The first kappa shape index (κ1) is 22.7. The molecule has 6 rings (SSSR count). The zero-order chi connectivity index (χ0) is 25.4. The number of anilines is 3. The number of rotatable bonds is 1. The fourth-order valence-corrected chi connectivity index (χ4v) is 5.51. The summed E-state index contributed by atoms with van der Waals surface area (Å²) in [4.78, 5) is 2.42. The standard InChI is InChI=1S/C34H33NO/c1-20-8-10-24-16-29-31(18-26(24)12-20)36-32-19-27-13-21(2)9-11-25(27)17-30(32)35(29)33-22(3)14-28(15-23(33)4)34(5,6)7/h8-19H,1-7H3. The summed E-state index contributed by atoms with van der Waals surface area (Å²) >= 11 is 0. The van der Waals surface area contributed by atoms with Crippen molar-refractivity contribution in [3.05, 3.63) is 101 Å². The van der Waals surface area contributed by atoms with E-state index < -0.39 is 0 Å². The van der Waals surface area contributed by atoms with Crippen LogP contribution in [0.5, 0.6) is 11.5 Å². The topological polar surface area (TPSA) is 12.5 Å². The van der Waals surface area contributed by atoms with Crippen molar-refractivity contribution in [1.29, 1.82) is 0 Å². The van der Waals surface area contributed by atoms with Crippen molar-refractivity contribution < 1.29 is 4.74 Å². The molecule has 1 aliphatic rings. The monoisotopic (exact) mass is 471 g/mol. The van der Waals surface area contributed by atoms with Crippen LogP contribution in [-0.4, -0.2) is 0 Å². The highest BCUT2D eigenvalue weighted by atomic mass is 16.5. The van der Waals surface area contributed by atoms with Gasteiger partial charge in [-0.1, -0.05) is 80.4 Å². The van der Waals surface area contributed by atoms with Crippen LogP contribution in [0.4, 0.5) is 17.1 Å². The number of benzene rings is 5. The van der Waals surface area contributed by atoms with Crippen molar-refractivity contribution in [1.82, 2.24) is 0 Å². The summed E-state index contributed by atoms with van der Waals surface area (Å²) in [5, 5.41) is 4.83. The average molecular weight is 472 g/mol. The molecule has 2 nitrogen and oxygen atoms in total. The minimum atomic E-state index is 0.0942. The van der Waals surface area contributed by atoms with Gasteiger partial charge >= 0.3 is 0 Å². The fraction of sp³-hybridized carbons (Fsp3) is 0.235. The van der Waals surface area contributed by atoms with Crippen LogP contribution in [-0.2, 0) is 5.41 Å². The van der Waals surface area contributed by atoms with E-state index in [1.165, 1.54) is 55.0 Å². The van der Waals surface area contributed by atoms with Crippen molar-refractivity contribution in [2.45, 2.75) is 53.9 Å². The van der Waals surface area contributed by atoms with E-state index in [0.29, 0.717) is 0 Å². The number of nitrogens with zero attached hydrogens (tertiary/aromatic N) is 1. The van der Waals surface area contributed by atoms with Gasteiger partial charge in [-0.15, -0.1) is 0 Å². The number of fused-ring (bicyclic) bond motifs is 4. The molecule has 180 valence electrons. The van der Waals surface area contributed by atoms with Crippen LogP contribution in [0.3, 0.4) is 0 Å². The maximum atomic E-state index is 6.64. The zero-order valence-corrected chi connectivity index (χ0v) is 22.3. The van der Waals surface area contributed by atoms with Crippen LogP contribution >= 0.6 is 0 Å². The lowest BCUT2D eigenvalue weighted by Crippen LogP contribution is -2.19. The molecule has 5 aromatic rings. The molecule has 0 aliphatic carbocycles. The molecule has 0 spiro atoms. The lowest BCUT2D eigenvalue weighted by atomic mass is 9.84. The van der Waals surface area contributed by atoms with Gasteiger partial charge in [0.2, 0.25) is 0 Å². The lowest BCUT2D eigenvalue weighted by molar-refractivity contribution is 0.478. The molecule has 1 heterocycles. The van der Waals surface area contributed by atoms with Crippen LogP contribution in [0.2, 0.25) is 0 Å². The number of aryl methyl sites for hydroxylation is 4. The molecule has 0 unspecified atom stereocenters. The average Bonchev–Trinajstić information content (AvgIpc) is 2.80. The van der Waals surface area contributed by atoms with Gasteiger partial charge in [0.15, 0.2) is 11.5 Å². The van der Waals surface area contributed by atoms with Gasteiger partial charge in [0.05, 0.1) is 17.1 Å². The van der Waals surface area contributed by atoms with Gasteiger partial charge in [-0.05, 0) is 95.6 Å². The molecule has 5 aromatic carbocycles. The fourth-order valence-electron chi connectivity index (χ4n) is 5.51. The molecule has 2 heteroatoms. The zero-order valence-electron chi connectivity index (χ0n) is 22.3. The number of ether oxygens (including phenoxy) is 1. The third-order valence-corrected chi connectivity index (χ3v) is 7.43. The molecule has 0 saturated heterocycles. The highest BCUT2D eigenvalue weighted by molar-refractivity contribution is 6.00. The normalized spacial score (nSPS) is 13.0. The first-order chi connectivity index (χ1) is 17.1. The molecule has 0 aromatic heterocycles. The van der Waals surface area contributed by atoms with Gasteiger partial charge in [0.25, 0.3) is 0 Å². The van der Waals surface area contributed by atoms with E-state index >= 15 is 0 Å². The third-order valence-electron chi connectivity index (χ3n) is 7.43. The SMILES string of the molecule is Cc1ccc2cc3c(cc2c1)Oc1cc2cc(C)ccc2cc1N3c1c(C)cc(C(C)(C)C)cc1C. The second-order valence-corrected chi connectivity index (χ2v) is 11.5. The summed E-state index contributed by atoms with van der Waals surface area (Å²) in [6.07, 6.45) is 0. The first-order valence-corrected chi connectivity index (χ1v) is 12.8. The molecular formula is C34H33NO. The van der Waals surface area contributed by atoms with E-state index in [4.69, 9.17) is 4.74 Å². The number of hydrogen-bond donors (Lipinski definition) is 0. The summed E-state index contributed by atoms with van der Waals surface area (Å²) in [5.74, 6) is 1.79. The Hall–Kier alpha value is -3.78. The molecule has 36 heavy (non-hydrogen) atoms. The maximum Gasteiger partial charge on any atom is 0.152 e. The Morgan fingerprint density at radius 1 is 0.556 bits per heavy atom. The van der Waals surface area contributed by atoms with Gasteiger partial charge in [-0.3, -0.25) is 0 Å². The Balaban J connectivity index is 1.67. The highest BCUT2D eigenvalue weighted by Gasteiger charge is 2.30. The molecular weight excluding hydrogens is 438 g/mol. The summed E-state index contributed by atoms with van der Waals surface area (Å²) in [6, 6.07) is 26.9. The van der Waals surface area contributed by atoms with Gasteiger partial charge in [-0.2, -0.15) is 0 Å². The molecule has 0 radical (unpaired) electrons. The summed E-state index contributed by atoms with van der Waals surface area (Å²) in [7, 11) is 0. The molecule has 0 N–H and O–H groups in total. The van der Waals surface area contributed by atoms with Gasteiger partial charge < -0.3 is 9.64 Å². The van der Waals surface area contributed by atoms with E-state index in [1.807, 2.05) is 0 Å². The van der Waals surface area contributed by atoms with E-state index in [0.717, 1.165) is 22.9 Å². The largest absolute Gasteiger partial charge is 0.453 e. The van der Waals surface area contributed by atoms with Crippen molar-refractivity contribution in [3.63, 3.8) is 0 Å². The quantitative estimate of drug-likeness (QED) is 0.236. The molecule has 0 atom stereocenters. The Morgan fingerprint density at radius 2 is 1.03 bits per heavy atom.